The molecule has 20 heavy (non-hydrogen) atoms. The first-order valence-electron chi connectivity index (χ1n) is 6.81. The average molecular weight is 280 g/mol. The highest BCUT2D eigenvalue weighted by Gasteiger charge is 2.34. The van der Waals surface area contributed by atoms with E-state index in [2.05, 4.69) is 5.16 Å². The van der Waals surface area contributed by atoms with E-state index in [1.807, 2.05) is 20.8 Å². The van der Waals surface area contributed by atoms with Crippen molar-refractivity contribution >= 4 is 11.9 Å². The van der Waals surface area contributed by atoms with Crippen LogP contribution < -0.4 is 0 Å². The highest BCUT2D eigenvalue weighted by molar-refractivity contribution is 5.95. The number of rotatable bonds is 2. The summed E-state index contributed by atoms with van der Waals surface area (Å²) in [6.45, 7) is 6.33. The van der Waals surface area contributed by atoms with Crippen molar-refractivity contribution in [2.24, 2.45) is 0 Å². The lowest BCUT2D eigenvalue weighted by Crippen LogP contribution is -2.48. The molecule has 110 valence electrons. The third kappa shape index (κ3) is 2.84. The first-order valence-corrected chi connectivity index (χ1v) is 6.81. The minimum atomic E-state index is -0.961. The summed E-state index contributed by atoms with van der Waals surface area (Å²) in [5.74, 6) is -0.710. The van der Waals surface area contributed by atoms with Gasteiger partial charge in [0.25, 0.3) is 5.91 Å². The third-order valence-electron chi connectivity index (χ3n) is 3.52. The first-order chi connectivity index (χ1) is 9.30. The van der Waals surface area contributed by atoms with Crippen LogP contribution >= 0.6 is 0 Å². The summed E-state index contributed by atoms with van der Waals surface area (Å²) in [5.41, 5.74) is -0.0531. The zero-order valence-corrected chi connectivity index (χ0v) is 12.0. The molecule has 1 amide bonds. The van der Waals surface area contributed by atoms with Gasteiger partial charge >= 0.3 is 5.97 Å². The van der Waals surface area contributed by atoms with Crippen LogP contribution in [0.4, 0.5) is 0 Å². The van der Waals surface area contributed by atoms with Crippen molar-refractivity contribution in [2.45, 2.75) is 51.5 Å². The molecule has 1 aliphatic heterocycles. The number of hydrogen-bond donors (Lipinski definition) is 1. The first kappa shape index (κ1) is 14.6. The highest BCUT2D eigenvalue weighted by Crippen LogP contribution is 2.25. The molecule has 1 atom stereocenters. The number of carboxylic acid groups (broad SMARTS) is 1. The molecule has 1 saturated heterocycles. The molecule has 2 heterocycles. The zero-order valence-electron chi connectivity index (χ0n) is 12.0. The van der Waals surface area contributed by atoms with Crippen LogP contribution in [0.5, 0.6) is 0 Å². The van der Waals surface area contributed by atoms with Crippen LogP contribution in [-0.4, -0.2) is 39.6 Å². The van der Waals surface area contributed by atoms with E-state index in [0.29, 0.717) is 18.7 Å². The van der Waals surface area contributed by atoms with Gasteiger partial charge in [0.15, 0.2) is 5.69 Å². The van der Waals surface area contributed by atoms with Gasteiger partial charge in [-0.05, 0) is 19.3 Å². The maximum Gasteiger partial charge on any atom is 0.326 e. The number of amides is 1. The summed E-state index contributed by atoms with van der Waals surface area (Å²) < 4.78 is 5.19. The molecule has 0 unspecified atom stereocenters. The largest absolute Gasteiger partial charge is 0.480 e. The van der Waals surface area contributed by atoms with E-state index in [9.17, 15) is 14.7 Å². The molecule has 6 heteroatoms. The third-order valence-corrected chi connectivity index (χ3v) is 3.52. The smallest absolute Gasteiger partial charge is 0.326 e. The molecule has 0 saturated carbocycles. The van der Waals surface area contributed by atoms with Crippen molar-refractivity contribution in [1.29, 1.82) is 0 Å². The summed E-state index contributed by atoms with van der Waals surface area (Å²) in [6, 6.07) is 0.849. The van der Waals surface area contributed by atoms with E-state index in [1.165, 1.54) is 4.90 Å². The Hall–Kier alpha value is -1.85. The van der Waals surface area contributed by atoms with Gasteiger partial charge in [-0.25, -0.2) is 4.79 Å². The van der Waals surface area contributed by atoms with E-state index in [-0.39, 0.29) is 17.0 Å². The average Bonchev–Trinajstić information content (AvgIpc) is 2.87. The second-order valence-corrected chi connectivity index (χ2v) is 6.17. The van der Waals surface area contributed by atoms with Crippen LogP contribution in [0.25, 0.3) is 0 Å². The topological polar surface area (TPSA) is 83.6 Å². The Kier molecular flexibility index (Phi) is 3.83. The summed E-state index contributed by atoms with van der Waals surface area (Å²) in [5, 5.41) is 13.0. The Morgan fingerprint density at radius 3 is 2.65 bits per heavy atom. The van der Waals surface area contributed by atoms with Gasteiger partial charge in [-0.15, -0.1) is 0 Å². The number of aromatic nitrogens is 1. The molecule has 1 N–H and O–H groups in total. The molecule has 1 fully saturated rings. The van der Waals surface area contributed by atoms with Gasteiger partial charge < -0.3 is 14.5 Å². The second kappa shape index (κ2) is 5.26. The number of carboxylic acids is 1. The maximum atomic E-state index is 12.4. The van der Waals surface area contributed by atoms with Crippen LogP contribution in [0.3, 0.4) is 0 Å². The van der Waals surface area contributed by atoms with Crippen LogP contribution in [0.15, 0.2) is 10.6 Å². The molecule has 0 aromatic carbocycles. The fourth-order valence-corrected chi connectivity index (χ4v) is 2.31. The number of carbonyl (C=O) groups excluding carboxylic acids is 1. The number of nitrogens with zero attached hydrogens (tertiary/aromatic N) is 2. The van der Waals surface area contributed by atoms with Gasteiger partial charge in [0.05, 0.1) is 0 Å². The Morgan fingerprint density at radius 1 is 1.40 bits per heavy atom. The van der Waals surface area contributed by atoms with Crippen molar-refractivity contribution in [1.82, 2.24) is 10.1 Å². The quantitative estimate of drug-likeness (QED) is 0.896. The van der Waals surface area contributed by atoms with Gasteiger partial charge in [-0.2, -0.15) is 0 Å². The molecule has 1 aliphatic rings. The minimum Gasteiger partial charge on any atom is -0.480 e. The van der Waals surface area contributed by atoms with Crippen molar-refractivity contribution in [2.75, 3.05) is 6.54 Å². The predicted octanol–water partition coefficient (Wildman–Crippen LogP) is 2.05. The van der Waals surface area contributed by atoms with Gasteiger partial charge in [0.1, 0.15) is 11.8 Å². The number of piperidine rings is 1. The Bertz CT molecular complexity index is 515. The Labute approximate surface area is 117 Å². The molecule has 0 radical (unpaired) electrons. The molecule has 1 aromatic heterocycles. The van der Waals surface area contributed by atoms with Gasteiger partial charge in [-0.3, -0.25) is 4.79 Å². The number of likely N-dealkylation sites (tertiary alicyclic amines) is 1. The van der Waals surface area contributed by atoms with E-state index < -0.39 is 12.0 Å². The van der Waals surface area contributed by atoms with E-state index in [1.54, 1.807) is 6.07 Å². The number of hydrogen-bond acceptors (Lipinski definition) is 4. The summed E-state index contributed by atoms with van der Waals surface area (Å²) in [6.07, 6.45) is 2.14. The highest BCUT2D eigenvalue weighted by atomic mass is 16.5. The molecular formula is C14H20N2O4. The lowest BCUT2D eigenvalue weighted by Gasteiger charge is -2.32. The fraction of sp³-hybridized carbons (Fsp3) is 0.643. The lowest BCUT2D eigenvalue weighted by molar-refractivity contribution is -0.143. The SMILES string of the molecule is CC(C)(C)c1cc(C(=O)N2CCCC[C@@H]2C(=O)O)no1. The molecule has 6 nitrogen and oxygen atoms in total. The Balaban J connectivity index is 2.21. The fourth-order valence-electron chi connectivity index (χ4n) is 2.31. The lowest BCUT2D eigenvalue weighted by atomic mass is 9.93. The van der Waals surface area contributed by atoms with E-state index in [0.717, 1.165) is 12.8 Å². The van der Waals surface area contributed by atoms with Gasteiger partial charge in [0, 0.05) is 18.0 Å². The monoisotopic (exact) mass is 280 g/mol. The van der Waals surface area contributed by atoms with E-state index >= 15 is 0 Å². The van der Waals surface area contributed by atoms with Crippen molar-refractivity contribution in [3.8, 4) is 0 Å². The van der Waals surface area contributed by atoms with Crippen molar-refractivity contribution in [3.63, 3.8) is 0 Å². The number of carbonyl (C=O) groups is 2. The Morgan fingerprint density at radius 2 is 2.10 bits per heavy atom. The maximum absolute atomic E-state index is 12.4. The predicted molar refractivity (Wildman–Crippen MR) is 71.5 cm³/mol. The van der Waals surface area contributed by atoms with Crippen molar-refractivity contribution < 1.29 is 19.2 Å². The molecular weight excluding hydrogens is 260 g/mol. The summed E-state index contributed by atoms with van der Waals surface area (Å²) in [4.78, 5) is 25.0. The zero-order chi connectivity index (χ0) is 14.9. The van der Waals surface area contributed by atoms with Crippen LogP contribution in [0.1, 0.15) is 56.3 Å². The second-order valence-electron chi connectivity index (χ2n) is 6.17. The summed E-state index contributed by atoms with van der Waals surface area (Å²) >= 11 is 0. The van der Waals surface area contributed by atoms with Gasteiger partial charge in [-0.1, -0.05) is 25.9 Å². The normalized spacial score (nSPS) is 19.9. The minimum absolute atomic E-state index is 0.183. The number of aliphatic carboxylic acids is 1. The molecule has 1 aromatic rings. The van der Waals surface area contributed by atoms with Gasteiger partial charge in [0.2, 0.25) is 0 Å². The standard InChI is InChI=1S/C14H20N2O4/c1-14(2,3)11-8-9(15-20-11)12(17)16-7-5-4-6-10(16)13(18)19/h8,10H,4-7H2,1-3H3,(H,18,19)/t10-/m1/s1. The van der Waals surface area contributed by atoms with Crippen LogP contribution in [0, 0.1) is 0 Å². The molecule has 2 rings (SSSR count). The molecule has 0 spiro atoms. The van der Waals surface area contributed by atoms with Crippen molar-refractivity contribution in [3.05, 3.63) is 17.5 Å². The summed E-state index contributed by atoms with van der Waals surface area (Å²) in [7, 11) is 0. The van der Waals surface area contributed by atoms with E-state index in [4.69, 9.17) is 4.52 Å². The van der Waals surface area contributed by atoms with Crippen LogP contribution in [0.2, 0.25) is 0 Å². The molecule has 0 bridgehead atoms. The van der Waals surface area contributed by atoms with Crippen LogP contribution in [-0.2, 0) is 10.2 Å². The molecule has 0 aliphatic carbocycles.